The summed E-state index contributed by atoms with van der Waals surface area (Å²) in [5, 5.41) is 9.41. The molecule has 16 heavy (non-hydrogen) atoms. The minimum Gasteiger partial charge on any atom is -0.508 e. The highest BCUT2D eigenvalue weighted by molar-refractivity contribution is 5.70. The Kier molecular flexibility index (Phi) is 4.83. The number of carbonyl (C=O) groups is 1. The summed E-state index contributed by atoms with van der Waals surface area (Å²) < 4.78 is 4.68. The molecule has 0 fully saturated rings. The lowest BCUT2D eigenvalue weighted by Crippen LogP contribution is -2.08. The van der Waals surface area contributed by atoms with Crippen LogP contribution in [0.15, 0.2) is 24.3 Å². The summed E-state index contributed by atoms with van der Waals surface area (Å²) in [6.07, 6.45) is 2.28. The van der Waals surface area contributed by atoms with Crippen molar-refractivity contribution in [3.63, 3.8) is 0 Å². The minimum atomic E-state index is -0.207. The smallest absolute Gasteiger partial charge is 0.306 e. The average molecular weight is 222 g/mol. The Morgan fingerprint density at radius 3 is 2.81 bits per heavy atom. The average Bonchev–Trinajstić information content (AvgIpc) is 2.28. The summed E-state index contributed by atoms with van der Waals surface area (Å²) in [6, 6.07) is 7.07. The molecule has 0 unspecified atom stereocenters. The second-order valence-electron chi connectivity index (χ2n) is 3.86. The largest absolute Gasteiger partial charge is 0.508 e. The number of ether oxygens (including phenoxy) is 1. The van der Waals surface area contributed by atoms with Gasteiger partial charge in [0.1, 0.15) is 5.75 Å². The van der Waals surface area contributed by atoms with Crippen LogP contribution in [-0.2, 0) is 9.53 Å². The van der Waals surface area contributed by atoms with E-state index in [9.17, 15) is 9.90 Å². The number of phenolic OH excluding ortho intramolecular Hbond substituents is 1. The summed E-state index contributed by atoms with van der Waals surface area (Å²) in [5.41, 5.74) is 0.993. The van der Waals surface area contributed by atoms with Crippen molar-refractivity contribution in [2.45, 2.75) is 32.1 Å². The monoisotopic (exact) mass is 222 g/mol. The Labute approximate surface area is 96.1 Å². The molecule has 1 aromatic carbocycles. The van der Waals surface area contributed by atoms with Crippen LogP contribution in [0.25, 0.3) is 0 Å². The van der Waals surface area contributed by atoms with E-state index in [2.05, 4.69) is 11.7 Å². The van der Waals surface area contributed by atoms with Crippen LogP contribution >= 0.6 is 0 Å². The Morgan fingerprint density at radius 1 is 1.50 bits per heavy atom. The van der Waals surface area contributed by atoms with Crippen LogP contribution in [0.1, 0.15) is 37.7 Å². The molecule has 0 heterocycles. The SMILES string of the molecule is CCC[C@@H](CC(=O)OC)c1cccc(O)c1. The fraction of sp³-hybridized carbons (Fsp3) is 0.462. The zero-order valence-electron chi connectivity index (χ0n) is 9.77. The van der Waals surface area contributed by atoms with Gasteiger partial charge in [-0.05, 0) is 30.0 Å². The normalized spacial score (nSPS) is 12.1. The highest BCUT2D eigenvalue weighted by Gasteiger charge is 2.15. The Balaban J connectivity index is 2.80. The summed E-state index contributed by atoms with van der Waals surface area (Å²) in [7, 11) is 1.40. The molecule has 0 bridgehead atoms. The number of esters is 1. The van der Waals surface area contributed by atoms with E-state index in [4.69, 9.17) is 0 Å². The first-order chi connectivity index (χ1) is 7.67. The first kappa shape index (κ1) is 12.6. The van der Waals surface area contributed by atoms with Crippen LogP contribution < -0.4 is 0 Å². The van der Waals surface area contributed by atoms with E-state index in [-0.39, 0.29) is 17.6 Å². The van der Waals surface area contributed by atoms with Crippen LogP contribution in [0.4, 0.5) is 0 Å². The molecule has 88 valence electrons. The van der Waals surface area contributed by atoms with Gasteiger partial charge in [-0.1, -0.05) is 25.5 Å². The van der Waals surface area contributed by atoms with Crippen molar-refractivity contribution in [3.05, 3.63) is 29.8 Å². The molecule has 3 nitrogen and oxygen atoms in total. The number of carbonyl (C=O) groups excluding carboxylic acids is 1. The fourth-order valence-corrected chi connectivity index (χ4v) is 1.80. The number of rotatable bonds is 5. The van der Waals surface area contributed by atoms with E-state index in [0.717, 1.165) is 18.4 Å². The van der Waals surface area contributed by atoms with Crippen LogP contribution in [0.5, 0.6) is 5.75 Å². The maximum atomic E-state index is 11.3. The van der Waals surface area contributed by atoms with Gasteiger partial charge < -0.3 is 9.84 Å². The molecule has 0 aromatic heterocycles. The summed E-state index contributed by atoms with van der Waals surface area (Å²) in [5.74, 6) is 0.162. The summed E-state index contributed by atoms with van der Waals surface area (Å²) in [6.45, 7) is 2.08. The van der Waals surface area contributed by atoms with Gasteiger partial charge in [-0.2, -0.15) is 0 Å². The van der Waals surface area contributed by atoms with Gasteiger partial charge in [0.05, 0.1) is 13.5 Å². The predicted molar refractivity (Wildman–Crippen MR) is 62.4 cm³/mol. The lowest BCUT2D eigenvalue weighted by Gasteiger charge is -2.15. The minimum absolute atomic E-state index is 0.129. The Hall–Kier alpha value is -1.51. The molecule has 3 heteroatoms. The van der Waals surface area contributed by atoms with Crippen molar-refractivity contribution in [3.8, 4) is 5.75 Å². The van der Waals surface area contributed by atoms with E-state index in [1.807, 2.05) is 6.07 Å². The first-order valence-corrected chi connectivity index (χ1v) is 5.53. The van der Waals surface area contributed by atoms with Crippen molar-refractivity contribution >= 4 is 5.97 Å². The van der Waals surface area contributed by atoms with Crippen LogP contribution in [0.3, 0.4) is 0 Å². The van der Waals surface area contributed by atoms with Gasteiger partial charge in [-0.15, -0.1) is 0 Å². The highest BCUT2D eigenvalue weighted by Crippen LogP contribution is 2.27. The molecule has 0 radical (unpaired) electrons. The molecule has 0 saturated carbocycles. The fourth-order valence-electron chi connectivity index (χ4n) is 1.80. The summed E-state index contributed by atoms with van der Waals surface area (Å²) >= 11 is 0. The van der Waals surface area contributed by atoms with E-state index in [0.29, 0.717) is 6.42 Å². The Morgan fingerprint density at radius 2 is 2.25 bits per heavy atom. The maximum Gasteiger partial charge on any atom is 0.306 e. The van der Waals surface area contributed by atoms with Gasteiger partial charge in [0, 0.05) is 0 Å². The third kappa shape index (κ3) is 3.57. The molecule has 0 saturated heterocycles. The number of methoxy groups -OCH3 is 1. The van der Waals surface area contributed by atoms with Gasteiger partial charge in [0.15, 0.2) is 0 Å². The van der Waals surface area contributed by atoms with Crippen LogP contribution in [-0.4, -0.2) is 18.2 Å². The van der Waals surface area contributed by atoms with Crippen molar-refractivity contribution in [2.24, 2.45) is 0 Å². The molecule has 0 aliphatic rings. The summed E-state index contributed by atoms with van der Waals surface area (Å²) in [4.78, 5) is 11.3. The lowest BCUT2D eigenvalue weighted by atomic mass is 9.91. The lowest BCUT2D eigenvalue weighted by molar-refractivity contribution is -0.141. The molecular weight excluding hydrogens is 204 g/mol. The standard InChI is InChI=1S/C13H18O3/c1-3-5-10(9-13(15)16-2)11-6-4-7-12(14)8-11/h4,6-8,10,14H,3,5,9H2,1-2H3/t10-/m0/s1. The van der Waals surface area contributed by atoms with E-state index < -0.39 is 0 Å². The van der Waals surface area contributed by atoms with Crippen molar-refractivity contribution < 1.29 is 14.6 Å². The van der Waals surface area contributed by atoms with Gasteiger partial charge in [0.25, 0.3) is 0 Å². The predicted octanol–water partition coefficient (Wildman–Crippen LogP) is 2.84. The number of phenols is 1. The molecule has 0 aliphatic heterocycles. The number of hydrogen-bond acceptors (Lipinski definition) is 3. The Bertz CT molecular complexity index is 347. The molecule has 1 rings (SSSR count). The molecule has 0 aliphatic carbocycles. The van der Waals surface area contributed by atoms with Gasteiger partial charge in [0.2, 0.25) is 0 Å². The second-order valence-corrected chi connectivity index (χ2v) is 3.86. The van der Waals surface area contributed by atoms with Crippen LogP contribution in [0.2, 0.25) is 0 Å². The quantitative estimate of drug-likeness (QED) is 0.779. The maximum absolute atomic E-state index is 11.3. The van der Waals surface area contributed by atoms with E-state index in [1.165, 1.54) is 7.11 Å². The molecule has 1 atom stereocenters. The topological polar surface area (TPSA) is 46.5 Å². The van der Waals surface area contributed by atoms with Crippen molar-refractivity contribution in [1.82, 2.24) is 0 Å². The third-order valence-corrected chi connectivity index (χ3v) is 2.62. The van der Waals surface area contributed by atoms with Gasteiger partial charge in [-0.3, -0.25) is 4.79 Å². The molecular formula is C13H18O3. The van der Waals surface area contributed by atoms with E-state index >= 15 is 0 Å². The first-order valence-electron chi connectivity index (χ1n) is 5.53. The van der Waals surface area contributed by atoms with Crippen molar-refractivity contribution in [1.29, 1.82) is 0 Å². The zero-order valence-corrected chi connectivity index (χ0v) is 9.77. The molecule has 1 aromatic rings. The van der Waals surface area contributed by atoms with E-state index in [1.54, 1.807) is 18.2 Å². The van der Waals surface area contributed by atoms with Gasteiger partial charge in [-0.25, -0.2) is 0 Å². The second kappa shape index (κ2) is 6.16. The van der Waals surface area contributed by atoms with Crippen molar-refractivity contribution in [2.75, 3.05) is 7.11 Å². The van der Waals surface area contributed by atoms with Gasteiger partial charge >= 0.3 is 5.97 Å². The number of aromatic hydroxyl groups is 1. The molecule has 0 amide bonds. The van der Waals surface area contributed by atoms with Crippen LogP contribution in [0, 0.1) is 0 Å². The highest BCUT2D eigenvalue weighted by atomic mass is 16.5. The molecule has 0 spiro atoms. The zero-order chi connectivity index (χ0) is 12.0. The third-order valence-electron chi connectivity index (χ3n) is 2.62. The number of hydrogen-bond donors (Lipinski definition) is 1. The number of benzene rings is 1. The molecule has 1 N–H and O–H groups in total.